The van der Waals surface area contributed by atoms with Gasteiger partial charge in [0.1, 0.15) is 12.6 Å². The third-order valence-corrected chi connectivity index (χ3v) is 3.63. The molecule has 1 saturated heterocycles. The molecule has 9 nitrogen and oxygen atoms in total. The number of amides is 3. The second-order valence-electron chi connectivity index (χ2n) is 5.54. The number of likely N-dealkylation sites (tertiary alicyclic amines) is 1. The topological polar surface area (TPSA) is 125 Å². The van der Waals surface area contributed by atoms with E-state index in [1.165, 1.54) is 6.92 Å². The highest BCUT2D eigenvalue weighted by atomic mass is 16.5. The van der Waals surface area contributed by atoms with Gasteiger partial charge in [-0.1, -0.05) is 30.3 Å². The Morgan fingerprint density at radius 3 is 2.60 bits per heavy atom. The fourth-order valence-corrected chi connectivity index (χ4v) is 2.20. The molecule has 2 unspecified atom stereocenters. The highest BCUT2D eigenvalue weighted by Crippen LogP contribution is 2.12. The summed E-state index contributed by atoms with van der Waals surface area (Å²) >= 11 is 0. The Balaban J connectivity index is 1.73. The first-order valence-electron chi connectivity index (χ1n) is 7.66. The number of aliphatic carboxylic acids is 1. The van der Waals surface area contributed by atoms with Gasteiger partial charge >= 0.3 is 12.1 Å². The maximum Gasteiger partial charge on any atom is 0.408 e. The standard InChI is InChI=1S/C16H19N3O6/c1-10(17-7-13(20)21)14(22)19-8-12(15(19)23)18-16(24)25-9-11-5-3-2-4-6-11/h2-6,10,12,17H,7-9H2,1H3,(H,18,24)(H,20,21). The van der Waals surface area contributed by atoms with Crippen LogP contribution in [0, 0.1) is 0 Å². The zero-order valence-electron chi connectivity index (χ0n) is 13.6. The molecule has 0 bridgehead atoms. The molecule has 0 saturated carbocycles. The van der Waals surface area contributed by atoms with Crippen LogP contribution in [0.3, 0.4) is 0 Å². The van der Waals surface area contributed by atoms with Crippen molar-refractivity contribution < 1.29 is 29.0 Å². The van der Waals surface area contributed by atoms with E-state index in [4.69, 9.17) is 9.84 Å². The van der Waals surface area contributed by atoms with E-state index in [9.17, 15) is 19.2 Å². The first-order valence-corrected chi connectivity index (χ1v) is 7.66. The van der Waals surface area contributed by atoms with Crippen LogP contribution in [0.5, 0.6) is 0 Å². The summed E-state index contributed by atoms with van der Waals surface area (Å²) < 4.78 is 5.01. The second-order valence-corrected chi connectivity index (χ2v) is 5.54. The number of rotatable bonds is 7. The van der Waals surface area contributed by atoms with Crippen molar-refractivity contribution in [3.63, 3.8) is 0 Å². The molecule has 3 amide bonds. The number of nitrogens with zero attached hydrogens (tertiary/aromatic N) is 1. The van der Waals surface area contributed by atoms with Crippen molar-refractivity contribution in [2.45, 2.75) is 25.6 Å². The normalized spacial score (nSPS) is 17.4. The molecule has 0 aliphatic carbocycles. The van der Waals surface area contributed by atoms with Gasteiger partial charge < -0.3 is 15.2 Å². The minimum atomic E-state index is -1.10. The van der Waals surface area contributed by atoms with Crippen LogP contribution in [-0.4, -0.2) is 59.1 Å². The van der Waals surface area contributed by atoms with Crippen LogP contribution in [-0.2, 0) is 25.7 Å². The molecule has 2 atom stereocenters. The summed E-state index contributed by atoms with van der Waals surface area (Å²) in [5.74, 6) is -2.19. The number of alkyl carbamates (subject to hydrolysis) is 1. The van der Waals surface area contributed by atoms with Crippen molar-refractivity contribution in [2.24, 2.45) is 0 Å². The molecule has 1 aromatic carbocycles. The van der Waals surface area contributed by atoms with Gasteiger partial charge in [-0.15, -0.1) is 0 Å². The zero-order chi connectivity index (χ0) is 18.4. The monoisotopic (exact) mass is 349 g/mol. The van der Waals surface area contributed by atoms with Gasteiger partial charge in [-0.05, 0) is 12.5 Å². The van der Waals surface area contributed by atoms with Crippen LogP contribution < -0.4 is 10.6 Å². The Morgan fingerprint density at radius 1 is 1.32 bits per heavy atom. The Kier molecular flexibility index (Phi) is 6.07. The number of β-lactam (4-membered cyclic amide) rings is 1. The lowest BCUT2D eigenvalue weighted by atomic mass is 10.1. The number of carbonyl (C=O) groups excluding carboxylic acids is 3. The highest BCUT2D eigenvalue weighted by Gasteiger charge is 2.43. The van der Waals surface area contributed by atoms with Crippen LogP contribution in [0.15, 0.2) is 30.3 Å². The number of hydrogen-bond donors (Lipinski definition) is 3. The molecule has 134 valence electrons. The van der Waals surface area contributed by atoms with E-state index < -0.39 is 36.0 Å². The summed E-state index contributed by atoms with van der Waals surface area (Å²) in [5, 5.41) is 13.4. The van der Waals surface area contributed by atoms with Gasteiger partial charge in [0.05, 0.1) is 19.1 Å². The lowest BCUT2D eigenvalue weighted by Gasteiger charge is -2.38. The number of ether oxygens (including phenoxy) is 1. The summed E-state index contributed by atoms with van der Waals surface area (Å²) in [4.78, 5) is 47.1. The van der Waals surface area contributed by atoms with Crippen LogP contribution in [0.2, 0.25) is 0 Å². The predicted molar refractivity (Wildman–Crippen MR) is 85.4 cm³/mol. The molecule has 1 aliphatic heterocycles. The van der Waals surface area contributed by atoms with Gasteiger partial charge in [0.15, 0.2) is 0 Å². The smallest absolute Gasteiger partial charge is 0.408 e. The molecule has 2 rings (SSSR count). The molecular formula is C16H19N3O6. The summed E-state index contributed by atoms with van der Waals surface area (Å²) in [6.45, 7) is 1.18. The number of carboxylic acids is 1. The number of carboxylic acid groups (broad SMARTS) is 1. The van der Waals surface area contributed by atoms with Crippen molar-refractivity contribution in [3.8, 4) is 0 Å². The van der Waals surface area contributed by atoms with E-state index in [-0.39, 0.29) is 19.7 Å². The first-order chi connectivity index (χ1) is 11.9. The number of nitrogens with one attached hydrogen (secondary N) is 2. The van der Waals surface area contributed by atoms with Gasteiger partial charge in [-0.25, -0.2) is 4.79 Å². The van der Waals surface area contributed by atoms with Crippen LogP contribution in [0.4, 0.5) is 4.79 Å². The van der Waals surface area contributed by atoms with E-state index in [0.717, 1.165) is 10.5 Å². The molecule has 0 radical (unpaired) electrons. The van der Waals surface area contributed by atoms with E-state index in [1.54, 1.807) is 12.1 Å². The Hall–Kier alpha value is -2.94. The van der Waals surface area contributed by atoms with Gasteiger partial charge in [0, 0.05) is 0 Å². The lowest BCUT2D eigenvalue weighted by Crippen LogP contribution is -2.67. The van der Waals surface area contributed by atoms with Gasteiger partial charge in [-0.3, -0.25) is 24.6 Å². The van der Waals surface area contributed by atoms with Crippen molar-refractivity contribution in [2.75, 3.05) is 13.1 Å². The summed E-state index contributed by atoms with van der Waals surface area (Å²) in [7, 11) is 0. The van der Waals surface area contributed by atoms with Crippen molar-refractivity contribution in [1.82, 2.24) is 15.5 Å². The van der Waals surface area contributed by atoms with Gasteiger partial charge in [0.25, 0.3) is 5.91 Å². The van der Waals surface area contributed by atoms with Crippen molar-refractivity contribution in [1.29, 1.82) is 0 Å². The average molecular weight is 349 g/mol. The maximum atomic E-state index is 12.0. The number of imide groups is 1. The molecule has 9 heteroatoms. The fraction of sp³-hybridized carbons (Fsp3) is 0.375. The number of carbonyl (C=O) groups is 4. The SMILES string of the molecule is CC(NCC(=O)O)C(=O)N1CC(NC(=O)OCc2ccccc2)C1=O. The molecule has 1 aromatic rings. The number of hydrogen-bond acceptors (Lipinski definition) is 6. The predicted octanol–water partition coefficient (Wildman–Crippen LogP) is -0.287. The fourth-order valence-electron chi connectivity index (χ4n) is 2.20. The second kappa shape index (κ2) is 8.25. The largest absolute Gasteiger partial charge is 0.480 e. The van der Waals surface area contributed by atoms with Gasteiger partial charge in [-0.2, -0.15) is 0 Å². The molecule has 0 aromatic heterocycles. The van der Waals surface area contributed by atoms with E-state index in [0.29, 0.717) is 0 Å². The van der Waals surface area contributed by atoms with Crippen LogP contribution in [0.1, 0.15) is 12.5 Å². The van der Waals surface area contributed by atoms with Gasteiger partial charge in [0.2, 0.25) is 5.91 Å². The Bertz CT molecular complexity index is 663. The molecule has 25 heavy (non-hydrogen) atoms. The first kappa shape index (κ1) is 18.4. The molecule has 1 heterocycles. The Labute approximate surface area is 143 Å². The van der Waals surface area contributed by atoms with Crippen LogP contribution >= 0.6 is 0 Å². The maximum absolute atomic E-state index is 12.0. The van der Waals surface area contributed by atoms with Crippen molar-refractivity contribution in [3.05, 3.63) is 35.9 Å². The molecule has 1 aliphatic rings. The molecular weight excluding hydrogens is 330 g/mol. The number of benzene rings is 1. The third kappa shape index (κ3) is 5.01. The molecule has 0 spiro atoms. The highest BCUT2D eigenvalue weighted by molar-refractivity contribution is 6.05. The lowest BCUT2D eigenvalue weighted by molar-refractivity contribution is -0.156. The third-order valence-electron chi connectivity index (χ3n) is 3.63. The summed E-state index contributed by atoms with van der Waals surface area (Å²) in [5.41, 5.74) is 0.813. The minimum Gasteiger partial charge on any atom is -0.480 e. The van der Waals surface area contributed by atoms with E-state index in [2.05, 4.69) is 10.6 Å². The molecule has 1 fully saturated rings. The van der Waals surface area contributed by atoms with E-state index >= 15 is 0 Å². The van der Waals surface area contributed by atoms with E-state index in [1.807, 2.05) is 18.2 Å². The quantitative estimate of drug-likeness (QED) is 0.578. The minimum absolute atomic E-state index is 0.0250. The average Bonchev–Trinajstić information content (AvgIpc) is 2.61. The molecule has 3 N–H and O–H groups in total. The zero-order valence-corrected chi connectivity index (χ0v) is 13.6. The summed E-state index contributed by atoms with van der Waals surface area (Å²) in [6, 6.07) is 7.44. The van der Waals surface area contributed by atoms with Crippen molar-refractivity contribution >= 4 is 23.9 Å². The Morgan fingerprint density at radius 2 is 2.00 bits per heavy atom. The van der Waals surface area contributed by atoms with Crippen LogP contribution in [0.25, 0.3) is 0 Å². The summed E-state index contributed by atoms with van der Waals surface area (Å²) in [6.07, 6.45) is -0.744.